The van der Waals surface area contributed by atoms with Crippen LogP contribution in [-0.2, 0) is 11.3 Å². The van der Waals surface area contributed by atoms with Crippen LogP contribution in [0, 0.1) is 5.92 Å². The molecule has 1 saturated carbocycles. The molecule has 0 saturated heterocycles. The fourth-order valence-corrected chi connectivity index (χ4v) is 3.38. The molecule has 0 aliphatic heterocycles. The molecule has 1 aromatic heterocycles. The van der Waals surface area contributed by atoms with Gasteiger partial charge in [-0.2, -0.15) is 0 Å². The van der Waals surface area contributed by atoms with Crippen molar-refractivity contribution in [2.75, 3.05) is 33.4 Å². The number of nitrogens with one attached hydrogen (secondary N) is 1. The molecule has 1 fully saturated rings. The highest BCUT2D eigenvalue weighted by molar-refractivity contribution is 14.0. The van der Waals surface area contributed by atoms with Crippen molar-refractivity contribution < 1.29 is 4.74 Å². The number of hydrogen-bond donors (Lipinski definition) is 1. The Morgan fingerprint density at radius 3 is 2.81 bits per heavy atom. The molecule has 1 aliphatic rings. The second kappa shape index (κ2) is 11.6. The van der Waals surface area contributed by atoms with E-state index in [9.17, 15) is 0 Å². The molecule has 0 unspecified atom stereocenters. The van der Waals surface area contributed by atoms with E-state index in [0.717, 1.165) is 54.4 Å². The predicted molar refractivity (Wildman–Crippen MR) is 124 cm³/mol. The van der Waals surface area contributed by atoms with E-state index in [1.54, 1.807) is 11.3 Å². The SMILES string of the molecule is CCNC(=NCc1csc(-c2ccccc2)n1)N(C)CCOCC1CC1.I. The van der Waals surface area contributed by atoms with Crippen LogP contribution in [0.5, 0.6) is 0 Å². The van der Waals surface area contributed by atoms with Gasteiger partial charge in [-0.15, -0.1) is 35.3 Å². The van der Waals surface area contributed by atoms with Crippen molar-refractivity contribution in [1.29, 1.82) is 0 Å². The Labute approximate surface area is 183 Å². The Morgan fingerprint density at radius 1 is 1.33 bits per heavy atom. The number of ether oxygens (including phenoxy) is 1. The molecule has 0 bridgehead atoms. The zero-order valence-corrected chi connectivity index (χ0v) is 19.2. The van der Waals surface area contributed by atoms with Crippen molar-refractivity contribution >= 4 is 41.3 Å². The number of likely N-dealkylation sites (N-methyl/N-ethyl adjacent to an activating group) is 1. The Kier molecular flexibility index (Phi) is 9.50. The Bertz CT molecular complexity index is 703. The summed E-state index contributed by atoms with van der Waals surface area (Å²) in [5, 5.41) is 6.48. The lowest BCUT2D eigenvalue weighted by Gasteiger charge is -2.21. The summed E-state index contributed by atoms with van der Waals surface area (Å²) in [6.45, 7) is 6.00. The van der Waals surface area contributed by atoms with Gasteiger partial charge in [0.2, 0.25) is 0 Å². The fourth-order valence-electron chi connectivity index (χ4n) is 2.56. The summed E-state index contributed by atoms with van der Waals surface area (Å²) < 4.78 is 5.74. The summed E-state index contributed by atoms with van der Waals surface area (Å²) in [7, 11) is 2.05. The van der Waals surface area contributed by atoms with Gasteiger partial charge in [0.1, 0.15) is 5.01 Å². The average Bonchev–Trinajstić information content (AvgIpc) is 3.38. The number of aromatic nitrogens is 1. The molecule has 3 rings (SSSR count). The number of benzene rings is 1. The van der Waals surface area contributed by atoms with Crippen molar-refractivity contribution in [3.8, 4) is 10.6 Å². The molecule has 1 aromatic carbocycles. The van der Waals surface area contributed by atoms with Crippen LogP contribution in [0.4, 0.5) is 0 Å². The third kappa shape index (κ3) is 7.38. The van der Waals surface area contributed by atoms with Crippen LogP contribution in [0.1, 0.15) is 25.5 Å². The number of aliphatic imine (C=N–C) groups is 1. The minimum Gasteiger partial charge on any atom is -0.379 e. The number of rotatable bonds is 9. The quantitative estimate of drug-likeness (QED) is 0.242. The summed E-state index contributed by atoms with van der Waals surface area (Å²) >= 11 is 1.67. The van der Waals surface area contributed by atoms with Crippen LogP contribution in [0.2, 0.25) is 0 Å². The molecule has 1 heterocycles. The molecule has 0 atom stereocenters. The second-order valence-corrected chi connectivity index (χ2v) is 7.48. The summed E-state index contributed by atoms with van der Waals surface area (Å²) in [6, 6.07) is 10.3. The van der Waals surface area contributed by atoms with Crippen LogP contribution >= 0.6 is 35.3 Å². The van der Waals surface area contributed by atoms with Crippen molar-refractivity contribution in [3.05, 3.63) is 41.4 Å². The summed E-state index contributed by atoms with van der Waals surface area (Å²) in [5.74, 6) is 1.71. The molecule has 1 N–H and O–H groups in total. The van der Waals surface area contributed by atoms with E-state index in [1.165, 1.54) is 12.8 Å². The molecule has 7 heteroatoms. The van der Waals surface area contributed by atoms with E-state index in [0.29, 0.717) is 6.54 Å². The highest BCUT2D eigenvalue weighted by Crippen LogP contribution is 2.28. The van der Waals surface area contributed by atoms with Crippen LogP contribution < -0.4 is 5.32 Å². The number of thiazole rings is 1. The number of halogens is 1. The standard InChI is InChI=1S/C20H28N4OS.HI/c1-3-21-20(24(2)11-12-25-14-16-9-10-16)22-13-18-15-26-19(23-18)17-7-5-4-6-8-17;/h4-8,15-16H,3,9-14H2,1-2H3,(H,21,22);1H. The first-order valence-electron chi connectivity index (χ1n) is 9.33. The number of nitrogens with zero attached hydrogens (tertiary/aromatic N) is 3. The van der Waals surface area contributed by atoms with Crippen molar-refractivity contribution in [3.63, 3.8) is 0 Å². The molecule has 0 spiro atoms. The topological polar surface area (TPSA) is 49.8 Å². The van der Waals surface area contributed by atoms with Crippen molar-refractivity contribution in [2.45, 2.75) is 26.3 Å². The first-order chi connectivity index (χ1) is 12.8. The zero-order chi connectivity index (χ0) is 18.2. The van der Waals surface area contributed by atoms with E-state index < -0.39 is 0 Å². The molecule has 2 aromatic rings. The van der Waals surface area contributed by atoms with Gasteiger partial charge in [-0.3, -0.25) is 0 Å². The summed E-state index contributed by atoms with van der Waals surface area (Å²) in [6.07, 6.45) is 2.66. The normalized spacial score (nSPS) is 13.9. The van der Waals surface area contributed by atoms with Gasteiger partial charge in [-0.1, -0.05) is 30.3 Å². The van der Waals surface area contributed by atoms with Gasteiger partial charge in [0, 0.05) is 37.7 Å². The fraction of sp³-hybridized carbons (Fsp3) is 0.500. The molecular formula is C20H29IN4OS. The van der Waals surface area contributed by atoms with Crippen LogP contribution in [0.15, 0.2) is 40.7 Å². The van der Waals surface area contributed by atoms with E-state index >= 15 is 0 Å². The van der Waals surface area contributed by atoms with Crippen molar-refractivity contribution in [2.24, 2.45) is 10.9 Å². The zero-order valence-electron chi connectivity index (χ0n) is 16.1. The summed E-state index contributed by atoms with van der Waals surface area (Å²) in [5.41, 5.74) is 2.16. The van der Waals surface area contributed by atoms with Gasteiger partial charge >= 0.3 is 0 Å². The minimum atomic E-state index is 0. The molecule has 1 aliphatic carbocycles. The maximum Gasteiger partial charge on any atom is 0.194 e. The Morgan fingerprint density at radius 2 is 2.11 bits per heavy atom. The van der Waals surface area contributed by atoms with Gasteiger partial charge in [0.25, 0.3) is 0 Å². The molecule has 0 amide bonds. The van der Waals surface area contributed by atoms with Crippen LogP contribution in [-0.4, -0.2) is 49.2 Å². The number of guanidine groups is 1. The monoisotopic (exact) mass is 500 g/mol. The molecule has 27 heavy (non-hydrogen) atoms. The van der Waals surface area contributed by atoms with Gasteiger partial charge < -0.3 is 15.0 Å². The highest BCUT2D eigenvalue weighted by atomic mass is 127. The predicted octanol–water partition coefficient (Wildman–Crippen LogP) is 4.25. The third-order valence-electron chi connectivity index (χ3n) is 4.28. The average molecular weight is 500 g/mol. The minimum absolute atomic E-state index is 0. The second-order valence-electron chi connectivity index (χ2n) is 6.62. The van der Waals surface area contributed by atoms with Gasteiger partial charge in [-0.05, 0) is 25.7 Å². The number of hydrogen-bond acceptors (Lipinski definition) is 4. The van der Waals surface area contributed by atoms with Crippen LogP contribution in [0.3, 0.4) is 0 Å². The van der Waals surface area contributed by atoms with E-state index in [4.69, 9.17) is 14.7 Å². The first-order valence-corrected chi connectivity index (χ1v) is 10.2. The molecular weight excluding hydrogens is 471 g/mol. The summed E-state index contributed by atoms with van der Waals surface area (Å²) in [4.78, 5) is 11.6. The van der Waals surface area contributed by atoms with Crippen LogP contribution in [0.25, 0.3) is 10.6 Å². The molecule has 148 valence electrons. The first kappa shape index (κ1) is 22.1. The largest absolute Gasteiger partial charge is 0.379 e. The van der Waals surface area contributed by atoms with E-state index in [1.807, 2.05) is 18.2 Å². The lowest BCUT2D eigenvalue weighted by atomic mass is 10.2. The van der Waals surface area contributed by atoms with Gasteiger partial charge in [-0.25, -0.2) is 9.98 Å². The highest BCUT2D eigenvalue weighted by Gasteiger charge is 2.21. The molecule has 5 nitrogen and oxygen atoms in total. The third-order valence-corrected chi connectivity index (χ3v) is 5.22. The maximum atomic E-state index is 5.74. The molecule has 0 radical (unpaired) electrons. The van der Waals surface area contributed by atoms with Crippen molar-refractivity contribution in [1.82, 2.24) is 15.2 Å². The van der Waals surface area contributed by atoms with Gasteiger partial charge in [0.15, 0.2) is 5.96 Å². The maximum absolute atomic E-state index is 5.74. The Hall–Kier alpha value is -1.19. The Balaban J connectivity index is 0.00000261. The lowest BCUT2D eigenvalue weighted by Crippen LogP contribution is -2.40. The van der Waals surface area contributed by atoms with E-state index in [2.05, 4.69) is 41.7 Å². The van der Waals surface area contributed by atoms with Gasteiger partial charge in [0.05, 0.1) is 18.8 Å². The van der Waals surface area contributed by atoms with E-state index in [-0.39, 0.29) is 24.0 Å². The smallest absolute Gasteiger partial charge is 0.194 e. The lowest BCUT2D eigenvalue weighted by molar-refractivity contribution is 0.115.